The number of ether oxygens (including phenoxy) is 1. The molecule has 9 heteroatoms. The van der Waals surface area contributed by atoms with E-state index in [0.29, 0.717) is 35.3 Å². The van der Waals surface area contributed by atoms with Gasteiger partial charge in [0.2, 0.25) is 11.7 Å². The third-order valence-electron chi connectivity index (χ3n) is 6.06. The highest BCUT2D eigenvalue weighted by Gasteiger charge is 2.36. The first-order chi connectivity index (χ1) is 16.1. The quantitative estimate of drug-likeness (QED) is 0.460. The van der Waals surface area contributed by atoms with Gasteiger partial charge in [-0.3, -0.25) is 4.79 Å². The number of methoxy groups -OCH3 is 1. The van der Waals surface area contributed by atoms with Crippen LogP contribution in [0.25, 0.3) is 17.1 Å². The fourth-order valence-corrected chi connectivity index (χ4v) is 4.21. The predicted octanol–water partition coefficient (Wildman–Crippen LogP) is 3.92. The summed E-state index contributed by atoms with van der Waals surface area (Å²) in [6.45, 7) is 4.60. The van der Waals surface area contributed by atoms with Crippen LogP contribution in [-0.4, -0.2) is 49.6 Å². The average Bonchev–Trinajstić information content (AvgIpc) is 3.61. The first-order valence-corrected chi connectivity index (χ1v) is 10.8. The zero-order valence-electron chi connectivity index (χ0n) is 18.7. The molecule has 1 amide bonds. The second-order valence-corrected chi connectivity index (χ2v) is 8.09. The Morgan fingerprint density at radius 1 is 1.12 bits per heavy atom. The van der Waals surface area contributed by atoms with Gasteiger partial charge in [-0.1, -0.05) is 17.3 Å². The van der Waals surface area contributed by atoms with E-state index in [4.69, 9.17) is 9.26 Å². The normalized spacial score (nSPS) is 15.7. The van der Waals surface area contributed by atoms with E-state index >= 15 is 0 Å². The molecule has 0 saturated carbocycles. The monoisotopic (exact) mass is 444 g/mol. The Labute approximate surface area is 191 Å². The van der Waals surface area contributed by atoms with Gasteiger partial charge in [0.1, 0.15) is 11.8 Å². The molecule has 1 unspecified atom stereocenters. The van der Waals surface area contributed by atoms with E-state index in [0.717, 1.165) is 29.5 Å². The third kappa shape index (κ3) is 3.75. The molecule has 168 valence electrons. The second kappa shape index (κ2) is 8.50. The van der Waals surface area contributed by atoms with E-state index in [-0.39, 0.29) is 11.9 Å². The highest BCUT2D eigenvalue weighted by atomic mass is 16.5. The minimum Gasteiger partial charge on any atom is -0.496 e. The molecule has 4 aromatic rings. The molecule has 1 aliphatic rings. The van der Waals surface area contributed by atoms with Crippen molar-refractivity contribution in [3.63, 3.8) is 0 Å². The van der Waals surface area contributed by atoms with Crippen LogP contribution < -0.4 is 4.74 Å². The second-order valence-electron chi connectivity index (χ2n) is 8.09. The smallest absolute Gasteiger partial charge is 0.256 e. The van der Waals surface area contributed by atoms with Gasteiger partial charge in [0.15, 0.2) is 0 Å². The van der Waals surface area contributed by atoms with Gasteiger partial charge >= 0.3 is 0 Å². The number of carbonyl (C=O) groups is 1. The number of amides is 1. The van der Waals surface area contributed by atoms with Crippen LogP contribution in [0.2, 0.25) is 0 Å². The van der Waals surface area contributed by atoms with Gasteiger partial charge < -0.3 is 14.2 Å². The first-order valence-electron chi connectivity index (χ1n) is 10.8. The first kappa shape index (κ1) is 20.9. The van der Waals surface area contributed by atoms with Crippen LogP contribution >= 0.6 is 0 Å². The lowest BCUT2D eigenvalue weighted by Crippen LogP contribution is -2.32. The van der Waals surface area contributed by atoms with Crippen LogP contribution in [0.15, 0.2) is 53.3 Å². The molecule has 3 heterocycles. The van der Waals surface area contributed by atoms with Gasteiger partial charge in [-0.15, -0.1) is 0 Å². The van der Waals surface area contributed by atoms with Crippen LogP contribution in [-0.2, 0) is 0 Å². The molecule has 33 heavy (non-hydrogen) atoms. The average molecular weight is 444 g/mol. The fourth-order valence-electron chi connectivity index (χ4n) is 4.21. The van der Waals surface area contributed by atoms with Crippen molar-refractivity contribution in [1.29, 1.82) is 0 Å². The minimum atomic E-state index is -0.298. The van der Waals surface area contributed by atoms with Gasteiger partial charge in [0.05, 0.1) is 36.3 Å². The maximum Gasteiger partial charge on any atom is 0.256 e. The molecule has 0 N–H and O–H groups in total. The summed E-state index contributed by atoms with van der Waals surface area (Å²) in [7, 11) is 1.60. The topological polar surface area (TPSA) is 99.2 Å². The molecule has 0 spiro atoms. The van der Waals surface area contributed by atoms with E-state index in [2.05, 4.69) is 20.3 Å². The summed E-state index contributed by atoms with van der Waals surface area (Å²) in [5, 5.41) is 12.6. The van der Waals surface area contributed by atoms with Gasteiger partial charge in [-0.05, 0) is 62.1 Å². The van der Waals surface area contributed by atoms with Gasteiger partial charge in [-0.2, -0.15) is 20.0 Å². The Bertz CT molecular complexity index is 1300. The van der Waals surface area contributed by atoms with Gasteiger partial charge in [0, 0.05) is 6.54 Å². The molecular weight excluding hydrogens is 420 g/mol. The number of benzene rings is 2. The molecule has 5 rings (SSSR count). The standard InChI is InChI=1S/C24H24N6O3/c1-15-13-18(20(14-16(15)2)30-25-10-11-26-30)24(31)29-12-6-8-19(29)23-27-22(28-33-23)17-7-4-5-9-21(17)32-3/h4-5,7,9-11,13-14,19H,6,8,12H2,1-3H3. The van der Waals surface area contributed by atoms with Crippen LogP contribution in [0, 0.1) is 13.8 Å². The fraction of sp³-hybridized carbons (Fsp3) is 0.292. The summed E-state index contributed by atoms with van der Waals surface area (Å²) >= 11 is 0. The number of likely N-dealkylation sites (tertiary alicyclic amines) is 1. The summed E-state index contributed by atoms with van der Waals surface area (Å²) in [4.78, 5) is 21.6. The van der Waals surface area contributed by atoms with Gasteiger partial charge in [0.25, 0.3) is 5.91 Å². The zero-order chi connectivity index (χ0) is 22.9. The van der Waals surface area contributed by atoms with Crippen LogP contribution in [0.5, 0.6) is 5.75 Å². The molecule has 0 radical (unpaired) electrons. The third-order valence-corrected chi connectivity index (χ3v) is 6.06. The van der Waals surface area contributed by atoms with Crippen molar-refractivity contribution in [2.75, 3.05) is 13.7 Å². The molecule has 1 saturated heterocycles. The Kier molecular flexibility index (Phi) is 5.37. The molecule has 1 fully saturated rings. The number of aromatic nitrogens is 5. The van der Waals surface area contributed by atoms with Crippen molar-refractivity contribution in [1.82, 2.24) is 30.0 Å². The maximum atomic E-state index is 13.7. The minimum absolute atomic E-state index is 0.107. The maximum absolute atomic E-state index is 13.7. The largest absolute Gasteiger partial charge is 0.496 e. The van der Waals surface area contributed by atoms with E-state index in [1.165, 1.54) is 4.80 Å². The Morgan fingerprint density at radius 3 is 2.67 bits per heavy atom. The Hall–Kier alpha value is -4.01. The molecule has 2 aromatic carbocycles. The van der Waals surface area contributed by atoms with Crippen molar-refractivity contribution in [3.05, 3.63) is 71.4 Å². The number of nitrogens with zero attached hydrogens (tertiary/aromatic N) is 6. The molecule has 0 aliphatic carbocycles. The Morgan fingerprint density at radius 2 is 1.88 bits per heavy atom. The van der Waals surface area contributed by atoms with Crippen molar-refractivity contribution in [2.24, 2.45) is 0 Å². The summed E-state index contributed by atoms with van der Waals surface area (Å²) in [6.07, 6.45) is 4.79. The highest BCUT2D eigenvalue weighted by molar-refractivity contribution is 5.98. The van der Waals surface area contributed by atoms with E-state index in [9.17, 15) is 4.79 Å². The highest BCUT2D eigenvalue weighted by Crippen LogP contribution is 2.35. The summed E-state index contributed by atoms with van der Waals surface area (Å²) < 4.78 is 11.0. The van der Waals surface area contributed by atoms with Crippen LogP contribution in [0.3, 0.4) is 0 Å². The lowest BCUT2D eigenvalue weighted by atomic mass is 10.0. The number of rotatable bonds is 5. The SMILES string of the molecule is COc1ccccc1-c1noc(C2CCCN2C(=O)c2cc(C)c(C)cc2-n2nccn2)n1. The van der Waals surface area contributed by atoms with E-state index in [1.54, 1.807) is 24.4 Å². The molecule has 2 aromatic heterocycles. The van der Waals surface area contributed by atoms with Crippen molar-refractivity contribution in [2.45, 2.75) is 32.7 Å². The summed E-state index contributed by atoms with van der Waals surface area (Å²) in [6, 6.07) is 11.1. The van der Waals surface area contributed by atoms with Crippen molar-refractivity contribution in [3.8, 4) is 22.8 Å². The lowest BCUT2D eigenvalue weighted by Gasteiger charge is -2.23. The number of aryl methyl sites for hydroxylation is 2. The van der Waals surface area contributed by atoms with E-state index < -0.39 is 0 Å². The molecular formula is C24H24N6O3. The predicted molar refractivity (Wildman–Crippen MR) is 120 cm³/mol. The number of para-hydroxylation sites is 1. The van der Waals surface area contributed by atoms with Crippen molar-refractivity contribution >= 4 is 5.91 Å². The lowest BCUT2D eigenvalue weighted by molar-refractivity contribution is 0.0709. The molecule has 9 nitrogen and oxygen atoms in total. The summed E-state index contributed by atoms with van der Waals surface area (Å²) in [5.41, 5.74) is 4.04. The van der Waals surface area contributed by atoms with Crippen molar-refractivity contribution < 1.29 is 14.1 Å². The van der Waals surface area contributed by atoms with Crippen LogP contribution in [0.1, 0.15) is 46.3 Å². The van der Waals surface area contributed by atoms with Gasteiger partial charge in [-0.25, -0.2) is 0 Å². The Balaban J connectivity index is 1.49. The van der Waals surface area contributed by atoms with E-state index in [1.807, 2.05) is 50.2 Å². The summed E-state index contributed by atoms with van der Waals surface area (Å²) in [5.74, 6) is 1.42. The zero-order valence-corrected chi connectivity index (χ0v) is 18.7. The van der Waals surface area contributed by atoms with Crippen LogP contribution in [0.4, 0.5) is 0 Å². The molecule has 1 aliphatic heterocycles. The molecule has 1 atom stereocenters. The number of carbonyl (C=O) groups excluding carboxylic acids is 1. The number of hydrogen-bond acceptors (Lipinski definition) is 7. The number of hydrogen-bond donors (Lipinski definition) is 0. The molecule has 0 bridgehead atoms.